The highest BCUT2D eigenvalue weighted by atomic mass is 16.3. The molecule has 1 aromatic heterocycles. The van der Waals surface area contributed by atoms with E-state index in [1.165, 1.54) is 5.69 Å². The highest BCUT2D eigenvalue weighted by Gasteiger charge is 2.35. The van der Waals surface area contributed by atoms with Crippen LogP contribution in [0.1, 0.15) is 37.6 Å². The first-order valence-corrected chi connectivity index (χ1v) is 5.39. The maximum absolute atomic E-state index is 10.1. The standard InChI is InChI=1S/C11H18N2O/c1-3-13-10(7-9(2)12-13)8-11(14)5-4-6-11/h7,14H,3-6,8H2,1-2H3. The van der Waals surface area contributed by atoms with E-state index in [2.05, 4.69) is 18.1 Å². The van der Waals surface area contributed by atoms with Crippen molar-refractivity contribution in [3.63, 3.8) is 0 Å². The van der Waals surface area contributed by atoms with E-state index in [1.54, 1.807) is 0 Å². The van der Waals surface area contributed by atoms with E-state index < -0.39 is 5.60 Å². The van der Waals surface area contributed by atoms with Crippen LogP contribution in [-0.2, 0) is 13.0 Å². The Morgan fingerprint density at radius 2 is 2.29 bits per heavy atom. The second-order valence-electron chi connectivity index (χ2n) is 4.35. The van der Waals surface area contributed by atoms with Crippen LogP contribution in [-0.4, -0.2) is 20.5 Å². The monoisotopic (exact) mass is 194 g/mol. The summed E-state index contributed by atoms with van der Waals surface area (Å²) in [6.07, 6.45) is 3.82. The zero-order chi connectivity index (χ0) is 10.2. The third kappa shape index (κ3) is 1.69. The first-order valence-electron chi connectivity index (χ1n) is 5.39. The summed E-state index contributed by atoms with van der Waals surface area (Å²) in [5.74, 6) is 0. The van der Waals surface area contributed by atoms with E-state index in [0.717, 1.165) is 37.9 Å². The summed E-state index contributed by atoms with van der Waals surface area (Å²) in [7, 11) is 0. The van der Waals surface area contributed by atoms with Crippen molar-refractivity contribution in [3.05, 3.63) is 17.5 Å². The third-order valence-corrected chi connectivity index (χ3v) is 3.08. The average molecular weight is 194 g/mol. The Morgan fingerprint density at radius 1 is 1.57 bits per heavy atom. The minimum absolute atomic E-state index is 0.431. The minimum atomic E-state index is -0.431. The van der Waals surface area contributed by atoms with Gasteiger partial charge in [0, 0.05) is 18.7 Å². The minimum Gasteiger partial charge on any atom is -0.389 e. The average Bonchev–Trinajstić information content (AvgIpc) is 2.43. The lowest BCUT2D eigenvalue weighted by Gasteiger charge is -2.36. The molecule has 1 saturated carbocycles. The van der Waals surface area contributed by atoms with Gasteiger partial charge >= 0.3 is 0 Å². The van der Waals surface area contributed by atoms with E-state index >= 15 is 0 Å². The van der Waals surface area contributed by atoms with Crippen molar-refractivity contribution in [2.24, 2.45) is 0 Å². The van der Waals surface area contributed by atoms with Gasteiger partial charge < -0.3 is 5.11 Å². The Kier molecular flexibility index (Phi) is 2.35. The molecule has 14 heavy (non-hydrogen) atoms. The van der Waals surface area contributed by atoms with E-state index in [0.29, 0.717) is 0 Å². The summed E-state index contributed by atoms with van der Waals surface area (Å²) in [6, 6.07) is 2.08. The zero-order valence-corrected chi connectivity index (χ0v) is 8.95. The van der Waals surface area contributed by atoms with Gasteiger partial charge in [-0.2, -0.15) is 5.10 Å². The highest BCUT2D eigenvalue weighted by molar-refractivity contribution is 5.13. The lowest BCUT2D eigenvalue weighted by atomic mass is 9.77. The molecular formula is C11H18N2O. The largest absolute Gasteiger partial charge is 0.389 e. The van der Waals surface area contributed by atoms with Crippen molar-refractivity contribution >= 4 is 0 Å². The highest BCUT2D eigenvalue weighted by Crippen LogP contribution is 2.34. The van der Waals surface area contributed by atoms with Crippen LogP contribution in [0.4, 0.5) is 0 Å². The molecule has 1 aromatic rings. The number of rotatable bonds is 3. The van der Waals surface area contributed by atoms with Gasteiger partial charge in [0.15, 0.2) is 0 Å². The van der Waals surface area contributed by atoms with Crippen molar-refractivity contribution in [2.45, 2.75) is 51.7 Å². The second kappa shape index (κ2) is 3.39. The lowest BCUT2D eigenvalue weighted by Crippen LogP contribution is -2.39. The van der Waals surface area contributed by atoms with Crippen molar-refractivity contribution in [3.8, 4) is 0 Å². The Morgan fingerprint density at radius 3 is 2.79 bits per heavy atom. The molecule has 0 radical (unpaired) electrons. The normalized spacial score (nSPS) is 19.4. The fourth-order valence-electron chi connectivity index (χ4n) is 2.11. The SMILES string of the molecule is CCn1nc(C)cc1CC1(O)CCC1. The van der Waals surface area contributed by atoms with Gasteiger partial charge in [0.1, 0.15) is 0 Å². The van der Waals surface area contributed by atoms with Crippen molar-refractivity contribution in [1.29, 1.82) is 0 Å². The van der Waals surface area contributed by atoms with Gasteiger partial charge in [0.25, 0.3) is 0 Å². The Balaban J connectivity index is 2.14. The number of aromatic nitrogens is 2. The van der Waals surface area contributed by atoms with Crippen LogP contribution < -0.4 is 0 Å². The molecule has 3 nitrogen and oxygen atoms in total. The molecule has 0 saturated heterocycles. The number of hydrogen-bond acceptors (Lipinski definition) is 2. The van der Waals surface area contributed by atoms with E-state index in [4.69, 9.17) is 0 Å². The molecule has 78 valence electrons. The molecule has 0 aliphatic heterocycles. The lowest BCUT2D eigenvalue weighted by molar-refractivity contribution is -0.0338. The number of hydrogen-bond donors (Lipinski definition) is 1. The molecule has 1 aliphatic carbocycles. The predicted octanol–water partition coefficient (Wildman–Crippen LogP) is 1.67. The number of nitrogens with zero attached hydrogens (tertiary/aromatic N) is 2. The number of aryl methyl sites for hydroxylation is 2. The molecule has 1 aliphatic rings. The summed E-state index contributed by atoms with van der Waals surface area (Å²) in [5, 5.41) is 14.4. The smallest absolute Gasteiger partial charge is 0.0702 e. The fraction of sp³-hybridized carbons (Fsp3) is 0.727. The maximum Gasteiger partial charge on any atom is 0.0702 e. The third-order valence-electron chi connectivity index (χ3n) is 3.08. The predicted molar refractivity (Wildman–Crippen MR) is 55.1 cm³/mol. The molecular weight excluding hydrogens is 176 g/mol. The molecule has 0 spiro atoms. The molecule has 0 unspecified atom stereocenters. The van der Waals surface area contributed by atoms with Gasteiger partial charge in [0.05, 0.1) is 11.3 Å². The molecule has 1 heterocycles. The molecule has 1 fully saturated rings. The van der Waals surface area contributed by atoms with E-state index in [-0.39, 0.29) is 0 Å². The Bertz CT molecular complexity index is 326. The van der Waals surface area contributed by atoms with Crippen molar-refractivity contribution in [2.75, 3.05) is 0 Å². The quantitative estimate of drug-likeness (QED) is 0.794. The molecule has 3 heteroatoms. The van der Waals surface area contributed by atoms with Crippen LogP contribution in [0.25, 0.3) is 0 Å². The van der Waals surface area contributed by atoms with Crippen LogP contribution in [0, 0.1) is 6.92 Å². The molecule has 2 rings (SSSR count). The number of aliphatic hydroxyl groups is 1. The van der Waals surface area contributed by atoms with Crippen LogP contribution in [0.2, 0.25) is 0 Å². The van der Waals surface area contributed by atoms with Gasteiger partial charge in [-0.25, -0.2) is 0 Å². The summed E-state index contributed by atoms with van der Waals surface area (Å²) in [6.45, 7) is 4.97. The molecule has 0 aromatic carbocycles. The van der Waals surface area contributed by atoms with Crippen molar-refractivity contribution in [1.82, 2.24) is 9.78 Å². The molecule has 0 bridgehead atoms. The first kappa shape index (κ1) is 9.71. The molecule has 1 N–H and O–H groups in total. The van der Waals surface area contributed by atoms with Crippen LogP contribution in [0.3, 0.4) is 0 Å². The van der Waals surface area contributed by atoms with E-state index in [9.17, 15) is 5.11 Å². The summed E-state index contributed by atoms with van der Waals surface area (Å²) in [4.78, 5) is 0. The summed E-state index contributed by atoms with van der Waals surface area (Å²) in [5.41, 5.74) is 1.79. The molecule has 0 atom stereocenters. The maximum atomic E-state index is 10.1. The van der Waals surface area contributed by atoms with Crippen LogP contribution in [0.5, 0.6) is 0 Å². The summed E-state index contributed by atoms with van der Waals surface area (Å²) >= 11 is 0. The Hall–Kier alpha value is -0.830. The van der Waals surface area contributed by atoms with E-state index in [1.807, 2.05) is 11.6 Å². The fourth-order valence-corrected chi connectivity index (χ4v) is 2.11. The zero-order valence-electron chi connectivity index (χ0n) is 8.95. The summed E-state index contributed by atoms with van der Waals surface area (Å²) < 4.78 is 1.99. The first-order chi connectivity index (χ1) is 6.63. The van der Waals surface area contributed by atoms with Crippen molar-refractivity contribution < 1.29 is 5.11 Å². The van der Waals surface area contributed by atoms with Crippen LogP contribution >= 0.6 is 0 Å². The Labute approximate surface area is 84.7 Å². The van der Waals surface area contributed by atoms with Gasteiger partial charge in [0.2, 0.25) is 0 Å². The van der Waals surface area contributed by atoms with Gasteiger partial charge in [-0.15, -0.1) is 0 Å². The van der Waals surface area contributed by atoms with Gasteiger partial charge in [-0.3, -0.25) is 4.68 Å². The molecule has 0 amide bonds. The van der Waals surface area contributed by atoms with Gasteiger partial charge in [-0.1, -0.05) is 0 Å². The van der Waals surface area contributed by atoms with Gasteiger partial charge in [-0.05, 0) is 39.2 Å². The van der Waals surface area contributed by atoms with Crippen LogP contribution in [0.15, 0.2) is 6.07 Å². The topological polar surface area (TPSA) is 38.0 Å². The second-order valence-corrected chi connectivity index (χ2v) is 4.35.